The molecular weight excluding hydrogens is 815 g/mol. The summed E-state index contributed by atoms with van der Waals surface area (Å²) in [4.78, 5) is 99.4. The summed E-state index contributed by atoms with van der Waals surface area (Å²) in [5.74, 6) is -6.31. The Morgan fingerprint density at radius 3 is 2.06 bits per heavy atom. The molecule has 19 nitrogen and oxygen atoms in total. The fourth-order valence-electron chi connectivity index (χ4n) is 7.54. The summed E-state index contributed by atoms with van der Waals surface area (Å²) >= 11 is 0. The molecule has 0 saturated carbocycles. The van der Waals surface area contributed by atoms with E-state index in [0.29, 0.717) is 43.4 Å². The minimum absolute atomic E-state index is 0.0297. The molecule has 1 aliphatic heterocycles. The molecule has 0 unspecified atom stereocenters. The van der Waals surface area contributed by atoms with Gasteiger partial charge in [-0.05, 0) is 68.7 Å². The Balaban J connectivity index is 1.59. The van der Waals surface area contributed by atoms with Crippen LogP contribution in [-0.4, -0.2) is 135 Å². The zero-order valence-electron chi connectivity index (χ0n) is 36.0. The number of hydrogen-bond donors (Lipinski definition) is 11. The lowest BCUT2D eigenvalue weighted by Crippen LogP contribution is -2.62. The Hall–Kier alpha value is -5.89. The quantitative estimate of drug-likeness (QED) is 0.0500. The monoisotopic (exact) mass is 877 g/mol. The summed E-state index contributed by atoms with van der Waals surface area (Å²) in [7, 11) is 0. The van der Waals surface area contributed by atoms with Gasteiger partial charge in [0.2, 0.25) is 35.4 Å². The van der Waals surface area contributed by atoms with Crippen LogP contribution in [0.25, 0.3) is 10.9 Å². The first-order chi connectivity index (χ1) is 30.1. The van der Waals surface area contributed by atoms with Gasteiger partial charge in [0.15, 0.2) is 0 Å². The number of carbonyl (C=O) groups is 7. The first-order valence-electron chi connectivity index (χ1n) is 21.5. The summed E-state index contributed by atoms with van der Waals surface area (Å²) in [5.41, 5.74) is 13.4. The number of rotatable bonds is 24. The number of hydrogen-bond acceptors (Lipinski definition) is 11. The van der Waals surface area contributed by atoms with Crippen LogP contribution < -0.4 is 38.1 Å². The number of nitrogens with one attached hydrogen (secondary N) is 6. The maximum atomic E-state index is 14.3. The van der Waals surface area contributed by atoms with E-state index in [9.17, 15) is 48.9 Å². The molecule has 0 aliphatic carbocycles. The minimum atomic E-state index is -1.57. The van der Waals surface area contributed by atoms with E-state index in [0.717, 1.165) is 10.9 Å². The highest BCUT2D eigenvalue weighted by Gasteiger charge is 2.40. The normalized spacial score (nSPS) is 17.6. The standard InChI is InChI=1S/C44H63N9O10/c1-4-25(2)36(41(59)50-34(22-28-23-47-31-16-9-8-15-29(28)31)38(56)48-32(44(62)63)17-10-11-19-45)51-39(57)33(21-27-13-6-5-7-14-27)49-42(60)37(26(3)55)52-40(58)35-18-12-20-53(35)43(61)30(46)24-54/h5-9,13-16,23,25-26,30,32-37,47,54-55H,4,10-12,17-22,24,45-46H2,1-3H3,(H,48,56)(H,49,60)(H,50,59)(H,51,57)(H,52,58)(H,62,63)/t25-,26+,30-,32-,33-,34-,35-,36-,37-/m0/s1. The van der Waals surface area contributed by atoms with Crippen molar-refractivity contribution in [1.82, 2.24) is 36.5 Å². The van der Waals surface area contributed by atoms with Gasteiger partial charge < -0.3 is 63.3 Å². The summed E-state index contributed by atoms with van der Waals surface area (Å²) in [6, 6.07) is 7.11. The fourth-order valence-corrected chi connectivity index (χ4v) is 7.54. The lowest BCUT2D eigenvalue weighted by Gasteiger charge is -2.30. The number of nitrogens with two attached hydrogens (primary N) is 2. The lowest BCUT2D eigenvalue weighted by atomic mass is 9.96. The SMILES string of the molecule is CC[C@H](C)[C@H](NC(=O)[C@H](Cc1ccccc1)NC(=O)[C@@H](NC(=O)[C@@H]1CCCN1C(=O)[C@@H](N)CO)[C@@H](C)O)C(=O)N[C@@H](Cc1c[nH]c2ccccc12)C(=O)N[C@@H](CCCCN)C(=O)O. The van der Waals surface area contributed by atoms with Crippen LogP contribution in [0.1, 0.15) is 70.4 Å². The van der Waals surface area contributed by atoms with E-state index in [1.165, 1.54) is 11.8 Å². The van der Waals surface area contributed by atoms with Crippen LogP contribution in [0.5, 0.6) is 0 Å². The maximum Gasteiger partial charge on any atom is 0.326 e. The number of aromatic nitrogens is 1. The lowest BCUT2D eigenvalue weighted by molar-refractivity contribution is -0.142. The molecule has 19 heteroatoms. The Labute approximate surface area is 366 Å². The molecule has 1 fully saturated rings. The number of carbonyl (C=O) groups excluding carboxylic acids is 6. The highest BCUT2D eigenvalue weighted by Crippen LogP contribution is 2.21. The number of carboxylic acid groups (broad SMARTS) is 1. The van der Waals surface area contributed by atoms with Gasteiger partial charge in [-0.2, -0.15) is 0 Å². The van der Waals surface area contributed by atoms with Crippen molar-refractivity contribution in [2.24, 2.45) is 17.4 Å². The largest absolute Gasteiger partial charge is 0.480 e. The number of aromatic amines is 1. The maximum absolute atomic E-state index is 14.3. The van der Waals surface area contributed by atoms with Gasteiger partial charge in [0.1, 0.15) is 42.3 Å². The fraction of sp³-hybridized carbons (Fsp3) is 0.523. The number of unbranched alkanes of at least 4 members (excludes halogenated alkanes) is 1. The third-order valence-electron chi connectivity index (χ3n) is 11.4. The van der Waals surface area contributed by atoms with Crippen molar-refractivity contribution >= 4 is 52.3 Å². The van der Waals surface area contributed by atoms with E-state index in [4.69, 9.17) is 11.5 Å². The third kappa shape index (κ3) is 13.8. The van der Waals surface area contributed by atoms with Gasteiger partial charge in [0.05, 0.1) is 12.7 Å². The minimum Gasteiger partial charge on any atom is -0.480 e. The molecule has 4 rings (SSSR count). The predicted octanol–water partition coefficient (Wildman–Crippen LogP) is -0.672. The molecule has 0 radical (unpaired) electrons. The second kappa shape index (κ2) is 24.1. The molecule has 1 aromatic heterocycles. The van der Waals surface area contributed by atoms with E-state index in [2.05, 4.69) is 31.6 Å². The zero-order valence-corrected chi connectivity index (χ0v) is 36.0. The molecule has 2 heterocycles. The zero-order chi connectivity index (χ0) is 46.2. The van der Waals surface area contributed by atoms with Crippen LogP contribution in [0.3, 0.4) is 0 Å². The highest BCUT2D eigenvalue weighted by molar-refractivity contribution is 5.98. The molecular formula is C44H63N9O10. The van der Waals surface area contributed by atoms with E-state index in [1.807, 2.05) is 31.2 Å². The van der Waals surface area contributed by atoms with Crippen LogP contribution in [0.2, 0.25) is 0 Å². The van der Waals surface area contributed by atoms with Crippen LogP contribution in [-0.2, 0) is 46.4 Å². The van der Waals surface area contributed by atoms with Crippen molar-refractivity contribution < 1.29 is 48.9 Å². The molecule has 9 atom stereocenters. The van der Waals surface area contributed by atoms with Crippen molar-refractivity contribution in [3.63, 3.8) is 0 Å². The smallest absolute Gasteiger partial charge is 0.326 e. The summed E-state index contributed by atoms with van der Waals surface area (Å²) in [6.07, 6.45) is 2.37. The molecule has 1 aliphatic rings. The number of H-pyrrole nitrogens is 1. The number of amides is 6. The number of carboxylic acids is 1. The van der Waals surface area contributed by atoms with Gasteiger partial charge >= 0.3 is 5.97 Å². The average Bonchev–Trinajstić information content (AvgIpc) is 3.93. The van der Waals surface area contributed by atoms with Crippen molar-refractivity contribution in [3.8, 4) is 0 Å². The first-order valence-corrected chi connectivity index (χ1v) is 21.5. The number of aliphatic carboxylic acids is 1. The topological polar surface area (TPSA) is 311 Å². The number of fused-ring (bicyclic) bond motifs is 1. The van der Waals surface area contributed by atoms with Gasteiger partial charge in [-0.25, -0.2) is 4.79 Å². The molecule has 0 bridgehead atoms. The second-order valence-corrected chi connectivity index (χ2v) is 16.1. The van der Waals surface area contributed by atoms with Crippen LogP contribution in [0.4, 0.5) is 0 Å². The summed E-state index contributed by atoms with van der Waals surface area (Å²) < 4.78 is 0. The van der Waals surface area contributed by atoms with E-state index in [-0.39, 0.29) is 32.2 Å². The number of likely N-dealkylation sites (tertiary alicyclic amines) is 1. The number of aliphatic hydroxyl groups excluding tert-OH is 2. The van der Waals surface area contributed by atoms with E-state index >= 15 is 0 Å². The van der Waals surface area contributed by atoms with Crippen LogP contribution >= 0.6 is 0 Å². The van der Waals surface area contributed by atoms with Crippen molar-refractivity contribution in [2.45, 2.75) is 121 Å². The molecule has 344 valence electrons. The first kappa shape index (κ1) is 49.8. The van der Waals surface area contributed by atoms with Gasteiger partial charge in [0, 0.05) is 36.5 Å². The number of nitrogens with zero attached hydrogens (tertiary/aromatic N) is 1. The van der Waals surface area contributed by atoms with E-state index < -0.39 is 102 Å². The Bertz CT molecular complexity index is 2030. The highest BCUT2D eigenvalue weighted by atomic mass is 16.4. The van der Waals surface area contributed by atoms with Crippen LogP contribution in [0.15, 0.2) is 60.8 Å². The second-order valence-electron chi connectivity index (χ2n) is 16.1. The van der Waals surface area contributed by atoms with Gasteiger partial charge in [-0.15, -0.1) is 0 Å². The average molecular weight is 878 g/mol. The van der Waals surface area contributed by atoms with E-state index in [1.54, 1.807) is 43.5 Å². The van der Waals surface area contributed by atoms with Crippen LogP contribution in [0, 0.1) is 5.92 Å². The molecule has 3 aromatic rings. The Kier molecular flexibility index (Phi) is 19.0. The Morgan fingerprint density at radius 1 is 0.810 bits per heavy atom. The summed E-state index contributed by atoms with van der Waals surface area (Å²) in [5, 5.41) is 44.1. The number of benzene rings is 2. The molecule has 0 spiro atoms. The molecule has 2 aromatic carbocycles. The van der Waals surface area contributed by atoms with Crippen molar-refractivity contribution in [1.29, 1.82) is 0 Å². The number of aliphatic hydroxyl groups is 2. The van der Waals surface area contributed by atoms with Crippen molar-refractivity contribution in [3.05, 3.63) is 71.9 Å². The number of para-hydroxylation sites is 1. The third-order valence-corrected chi connectivity index (χ3v) is 11.4. The summed E-state index contributed by atoms with van der Waals surface area (Å²) in [6.45, 7) is 4.74. The van der Waals surface area contributed by atoms with Gasteiger partial charge in [0.25, 0.3) is 0 Å². The Morgan fingerprint density at radius 2 is 1.43 bits per heavy atom. The molecule has 6 amide bonds. The van der Waals surface area contributed by atoms with Gasteiger partial charge in [-0.3, -0.25) is 28.8 Å². The van der Waals surface area contributed by atoms with Crippen molar-refractivity contribution in [2.75, 3.05) is 19.7 Å². The predicted molar refractivity (Wildman–Crippen MR) is 233 cm³/mol. The molecule has 13 N–H and O–H groups in total. The van der Waals surface area contributed by atoms with Gasteiger partial charge in [-0.1, -0.05) is 68.8 Å². The molecule has 1 saturated heterocycles. The molecule has 63 heavy (non-hydrogen) atoms.